The number of phenolic OH excluding ortho intramolecular Hbond substituents is 1. The summed E-state index contributed by atoms with van der Waals surface area (Å²) in [6.45, 7) is 12.4. The second-order valence-electron chi connectivity index (χ2n) is 10.1. The summed E-state index contributed by atoms with van der Waals surface area (Å²) in [6.07, 6.45) is 0.867. The molecule has 3 N–H and O–H groups in total. The van der Waals surface area contributed by atoms with Crippen molar-refractivity contribution in [2.75, 3.05) is 19.0 Å². The normalized spacial score (nSPS) is 11.7. The van der Waals surface area contributed by atoms with E-state index in [1.807, 2.05) is 12.1 Å². The van der Waals surface area contributed by atoms with Crippen molar-refractivity contribution < 1.29 is 19.4 Å². The highest BCUT2D eigenvalue weighted by atomic mass is 16.5. The number of rotatable bonds is 7. The zero-order valence-electron chi connectivity index (χ0n) is 20.3. The maximum absolute atomic E-state index is 12.6. The molecule has 2 amide bonds. The maximum Gasteiger partial charge on any atom is 0.257 e. The van der Waals surface area contributed by atoms with Gasteiger partial charge in [-0.1, -0.05) is 59.7 Å². The third-order valence-electron chi connectivity index (χ3n) is 5.19. The number of phenols is 1. The van der Waals surface area contributed by atoms with Gasteiger partial charge >= 0.3 is 0 Å². The molecule has 0 bridgehead atoms. The van der Waals surface area contributed by atoms with Crippen LogP contribution in [0.15, 0.2) is 36.4 Å². The molecule has 2 aromatic carbocycles. The molecule has 2 rings (SSSR count). The van der Waals surface area contributed by atoms with Crippen molar-refractivity contribution in [2.45, 2.75) is 65.2 Å². The summed E-state index contributed by atoms with van der Waals surface area (Å²) in [4.78, 5) is 23.9. The number of amides is 2. The lowest BCUT2D eigenvalue weighted by molar-refractivity contribution is -0.122. The Morgan fingerprint density at radius 2 is 1.53 bits per heavy atom. The summed E-state index contributed by atoms with van der Waals surface area (Å²) >= 11 is 0. The molecule has 0 atom stereocenters. The maximum atomic E-state index is 12.6. The predicted octanol–water partition coefficient (Wildman–Crippen LogP) is 4.68. The molecule has 0 aliphatic rings. The molecule has 0 aromatic heterocycles. The van der Waals surface area contributed by atoms with Crippen LogP contribution in [0.1, 0.15) is 64.7 Å². The van der Waals surface area contributed by atoms with Crippen LogP contribution in [0.5, 0.6) is 11.5 Å². The van der Waals surface area contributed by atoms with Crippen molar-refractivity contribution in [2.24, 2.45) is 0 Å². The highest BCUT2D eigenvalue weighted by Gasteiger charge is 2.26. The SMILES string of the molecule is CNC(=O)COc1cccc(NC(=O)CCc2cc(C(C)(C)C)c(O)c(C(C)(C)C)c2)c1. The van der Waals surface area contributed by atoms with Gasteiger partial charge in [0.15, 0.2) is 6.61 Å². The summed E-state index contributed by atoms with van der Waals surface area (Å²) in [5, 5.41) is 16.2. The average molecular weight is 441 g/mol. The molecule has 0 aliphatic heterocycles. The van der Waals surface area contributed by atoms with Gasteiger partial charge in [-0.2, -0.15) is 0 Å². The Bertz CT molecular complexity index is 934. The van der Waals surface area contributed by atoms with Gasteiger partial charge in [0.2, 0.25) is 5.91 Å². The van der Waals surface area contributed by atoms with Crippen LogP contribution in [0.3, 0.4) is 0 Å². The zero-order chi connectivity index (χ0) is 24.1. The van der Waals surface area contributed by atoms with Crippen molar-refractivity contribution in [3.05, 3.63) is 53.1 Å². The minimum Gasteiger partial charge on any atom is -0.507 e. The number of anilines is 1. The number of carbonyl (C=O) groups is 2. The molecule has 0 unspecified atom stereocenters. The summed E-state index contributed by atoms with van der Waals surface area (Å²) in [7, 11) is 1.55. The van der Waals surface area contributed by atoms with E-state index in [1.165, 1.54) is 0 Å². The number of hydrogen-bond donors (Lipinski definition) is 3. The number of carbonyl (C=O) groups excluding carboxylic acids is 2. The predicted molar refractivity (Wildman–Crippen MR) is 128 cm³/mol. The molecular formula is C26H36N2O4. The van der Waals surface area contributed by atoms with Gasteiger partial charge in [0.1, 0.15) is 11.5 Å². The van der Waals surface area contributed by atoms with E-state index in [0.29, 0.717) is 30.0 Å². The molecule has 0 fully saturated rings. The molecule has 2 aromatic rings. The van der Waals surface area contributed by atoms with Crippen LogP contribution < -0.4 is 15.4 Å². The first-order chi connectivity index (χ1) is 14.8. The largest absolute Gasteiger partial charge is 0.507 e. The van der Waals surface area contributed by atoms with Crippen LogP contribution in [-0.4, -0.2) is 30.6 Å². The van der Waals surface area contributed by atoms with Gasteiger partial charge in [-0.25, -0.2) is 0 Å². The van der Waals surface area contributed by atoms with E-state index in [2.05, 4.69) is 52.2 Å². The summed E-state index contributed by atoms with van der Waals surface area (Å²) in [6, 6.07) is 11.0. The summed E-state index contributed by atoms with van der Waals surface area (Å²) in [5.41, 5.74) is 2.99. The van der Waals surface area contributed by atoms with Crippen molar-refractivity contribution in [1.29, 1.82) is 0 Å². The van der Waals surface area contributed by atoms with Gasteiger partial charge in [-0.15, -0.1) is 0 Å². The van der Waals surface area contributed by atoms with Gasteiger partial charge in [0.05, 0.1) is 0 Å². The number of ether oxygens (including phenoxy) is 1. The van der Waals surface area contributed by atoms with Crippen LogP contribution in [0.2, 0.25) is 0 Å². The third-order valence-corrected chi connectivity index (χ3v) is 5.19. The fraction of sp³-hybridized carbons (Fsp3) is 0.462. The van der Waals surface area contributed by atoms with Gasteiger partial charge < -0.3 is 20.5 Å². The molecular weight excluding hydrogens is 404 g/mol. The van der Waals surface area contributed by atoms with Gasteiger partial charge in [0.25, 0.3) is 5.91 Å². The number of hydrogen-bond acceptors (Lipinski definition) is 4. The monoisotopic (exact) mass is 440 g/mol. The molecule has 6 nitrogen and oxygen atoms in total. The zero-order valence-corrected chi connectivity index (χ0v) is 20.3. The number of benzene rings is 2. The van der Waals surface area contributed by atoms with E-state index in [4.69, 9.17) is 4.74 Å². The fourth-order valence-electron chi connectivity index (χ4n) is 3.35. The van der Waals surface area contributed by atoms with Crippen molar-refractivity contribution >= 4 is 17.5 Å². The van der Waals surface area contributed by atoms with Crippen LogP contribution in [0.25, 0.3) is 0 Å². The van der Waals surface area contributed by atoms with Crippen LogP contribution >= 0.6 is 0 Å². The lowest BCUT2D eigenvalue weighted by Crippen LogP contribution is -2.24. The minimum absolute atomic E-state index is 0.0824. The quantitative estimate of drug-likeness (QED) is 0.583. The lowest BCUT2D eigenvalue weighted by atomic mass is 9.78. The Morgan fingerprint density at radius 3 is 2.06 bits per heavy atom. The molecule has 0 aliphatic carbocycles. The third kappa shape index (κ3) is 7.01. The van der Waals surface area contributed by atoms with Crippen molar-refractivity contribution in [3.63, 3.8) is 0 Å². The Labute approximate surface area is 191 Å². The lowest BCUT2D eigenvalue weighted by Gasteiger charge is -2.28. The van der Waals surface area contributed by atoms with Crippen molar-refractivity contribution in [1.82, 2.24) is 5.32 Å². The molecule has 0 radical (unpaired) electrons. The van der Waals surface area contributed by atoms with Crippen LogP contribution in [-0.2, 0) is 26.8 Å². The number of aromatic hydroxyl groups is 1. The average Bonchev–Trinajstić information content (AvgIpc) is 2.69. The van der Waals surface area contributed by atoms with E-state index in [-0.39, 0.29) is 29.3 Å². The van der Waals surface area contributed by atoms with E-state index in [1.54, 1.807) is 31.3 Å². The van der Waals surface area contributed by atoms with Crippen molar-refractivity contribution in [3.8, 4) is 11.5 Å². The Morgan fingerprint density at radius 1 is 0.938 bits per heavy atom. The van der Waals surface area contributed by atoms with E-state index >= 15 is 0 Å². The first kappa shape index (κ1) is 25.2. The topological polar surface area (TPSA) is 87.7 Å². The van der Waals surface area contributed by atoms with Gasteiger partial charge in [-0.3, -0.25) is 9.59 Å². The highest BCUT2D eigenvalue weighted by molar-refractivity contribution is 5.91. The number of nitrogens with one attached hydrogen (secondary N) is 2. The Balaban J connectivity index is 2.11. The van der Waals surface area contributed by atoms with E-state index < -0.39 is 0 Å². The molecule has 6 heteroatoms. The first-order valence-electron chi connectivity index (χ1n) is 10.9. The Kier molecular flexibility index (Phi) is 7.94. The van der Waals surface area contributed by atoms with Gasteiger partial charge in [0, 0.05) is 25.2 Å². The van der Waals surface area contributed by atoms with Crippen LogP contribution in [0.4, 0.5) is 5.69 Å². The summed E-state index contributed by atoms with van der Waals surface area (Å²) < 4.78 is 5.42. The highest BCUT2D eigenvalue weighted by Crippen LogP contribution is 2.40. The Hall–Kier alpha value is -3.02. The smallest absolute Gasteiger partial charge is 0.257 e. The van der Waals surface area contributed by atoms with E-state index in [9.17, 15) is 14.7 Å². The molecule has 0 saturated carbocycles. The van der Waals surface area contributed by atoms with Gasteiger partial charge in [-0.05, 0) is 46.1 Å². The number of aryl methyl sites for hydroxylation is 1. The van der Waals surface area contributed by atoms with E-state index in [0.717, 1.165) is 16.7 Å². The molecule has 174 valence electrons. The second kappa shape index (κ2) is 10.1. The molecule has 0 spiro atoms. The van der Waals surface area contributed by atoms with Crippen LogP contribution in [0, 0.1) is 0 Å². The summed E-state index contributed by atoms with van der Waals surface area (Å²) in [5.74, 6) is 0.509. The molecule has 32 heavy (non-hydrogen) atoms. The number of likely N-dealkylation sites (N-methyl/N-ethyl adjacent to an activating group) is 1. The fourth-order valence-corrected chi connectivity index (χ4v) is 3.35. The second-order valence-corrected chi connectivity index (χ2v) is 10.1. The molecule has 0 saturated heterocycles. The molecule has 0 heterocycles. The standard InChI is InChI=1S/C26H36N2O4/c1-25(2,3)20-13-17(14-21(24(20)31)26(4,5)6)11-12-22(29)28-18-9-8-10-19(15-18)32-16-23(30)27-7/h8-10,13-15,31H,11-12,16H2,1-7H3,(H,27,30)(H,28,29). The first-order valence-corrected chi connectivity index (χ1v) is 10.9. The minimum atomic E-state index is -0.224.